The van der Waals surface area contributed by atoms with Gasteiger partial charge in [-0.15, -0.1) is 11.3 Å². The number of halogens is 2. The summed E-state index contributed by atoms with van der Waals surface area (Å²) in [6.07, 6.45) is 1.47. The molecule has 0 unspecified atom stereocenters. The summed E-state index contributed by atoms with van der Waals surface area (Å²) in [5.41, 5.74) is 1.57. The van der Waals surface area contributed by atoms with Gasteiger partial charge in [0, 0.05) is 22.9 Å². The first-order valence-electron chi connectivity index (χ1n) is 8.71. The fourth-order valence-electron chi connectivity index (χ4n) is 2.75. The summed E-state index contributed by atoms with van der Waals surface area (Å²) in [5.74, 6) is -1.18. The molecule has 4 rings (SSSR count). The number of carbonyl (C=O) groups excluding carboxylic acids is 2. The van der Waals surface area contributed by atoms with E-state index >= 15 is 0 Å². The summed E-state index contributed by atoms with van der Waals surface area (Å²) >= 11 is 7.27. The third-order valence-electron chi connectivity index (χ3n) is 4.08. The minimum absolute atomic E-state index is 0.0586. The molecular formula is C21H13ClFN3O3S. The second-order valence-corrected chi connectivity index (χ2v) is 7.51. The Balaban J connectivity index is 1.63. The van der Waals surface area contributed by atoms with E-state index in [2.05, 4.69) is 9.98 Å². The number of anilines is 2. The molecule has 0 saturated heterocycles. The van der Waals surface area contributed by atoms with Crippen LogP contribution in [0.5, 0.6) is 0 Å². The fourth-order valence-corrected chi connectivity index (χ4v) is 3.78. The molecule has 3 aromatic rings. The summed E-state index contributed by atoms with van der Waals surface area (Å²) < 4.78 is 18.2. The molecule has 0 bridgehead atoms. The van der Waals surface area contributed by atoms with E-state index in [1.54, 1.807) is 29.6 Å². The van der Waals surface area contributed by atoms with Crippen molar-refractivity contribution in [2.45, 2.75) is 6.92 Å². The normalized spacial score (nSPS) is 14.6. The van der Waals surface area contributed by atoms with Crippen molar-refractivity contribution >= 4 is 57.6 Å². The summed E-state index contributed by atoms with van der Waals surface area (Å²) in [7, 11) is 0. The van der Waals surface area contributed by atoms with Crippen molar-refractivity contribution in [2.75, 3.05) is 4.90 Å². The molecular weight excluding hydrogens is 429 g/mol. The number of hydrogen-bond acceptors (Lipinski definition) is 6. The topological polar surface area (TPSA) is 71.9 Å². The number of aromatic nitrogens is 1. The number of amides is 1. The second kappa shape index (κ2) is 8.17. The average Bonchev–Trinajstić information content (AvgIpc) is 3.30. The van der Waals surface area contributed by atoms with E-state index in [4.69, 9.17) is 16.3 Å². The second-order valence-electron chi connectivity index (χ2n) is 6.23. The molecule has 2 heterocycles. The number of rotatable bonds is 4. The first-order valence-corrected chi connectivity index (χ1v) is 9.97. The Labute approximate surface area is 179 Å². The van der Waals surface area contributed by atoms with Crippen LogP contribution in [-0.2, 0) is 14.3 Å². The van der Waals surface area contributed by atoms with Crippen LogP contribution in [0.25, 0.3) is 6.08 Å². The van der Waals surface area contributed by atoms with Crippen LogP contribution < -0.4 is 4.90 Å². The zero-order valence-corrected chi connectivity index (χ0v) is 17.1. The Hall–Kier alpha value is -3.36. The lowest BCUT2D eigenvalue weighted by Crippen LogP contribution is -2.22. The number of carbonyl (C=O) groups is 2. The molecule has 30 heavy (non-hydrogen) atoms. The monoisotopic (exact) mass is 441 g/mol. The Bertz CT molecular complexity index is 1200. The van der Waals surface area contributed by atoms with E-state index in [-0.39, 0.29) is 17.5 Å². The lowest BCUT2D eigenvalue weighted by molar-refractivity contribution is -0.130. The van der Waals surface area contributed by atoms with Gasteiger partial charge in [0.25, 0.3) is 0 Å². The van der Waals surface area contributed by atoms with Crippen LogP contribution in [0.3, 0.4) is 0 Å². The number of thiazole rings is 1. The van der Waals surface area contributed by atoms with E-state index < -0.39 is 11.8 Å². The number of ether oxygens (including phenoxy) is 1. The summed E-state index contributed by atoms with van der Waals surface area (Å²) in [4.78, 5) is 34.4. The Kier molecular flexibility index (Phi) is 5.43. The van der Waals surface area contributed by atoms with Crippen molar-refractivity contribution in [3.63, 3.8) is 0 Å². The van der Waals surface area contributed by atoms with Crippen LogP contribution >= 0.6 is 22.9 Å². The lowest BCUT2D eigenvalue weighted by atomic mass is 10.2. The average molecular weight is 442 g/mol. The summed E-state index contributed by atoms with van der Waals surface area (Å²) in [6, 6.07) is 12.3. The Morgan fingerprint density at radius 3 is 2.70 bits per heavy atom. The molecule has 0 N–H and O–H groups in total. The van der Waals surface area contributed by atoms with E-state index in [0.717, 1.165) is 0 Å². The molecule has 0 atom stereocenters. The molecule has 0 fully saturated rings. The first kappa shape index (κ1) is 19.9. The molecule has 0 radical (unpaired) electrons. The zero-order valence-electron chi connectivity index (χ0n) is 15.5. The summed E-state index contributed by atoms with van der Waals surface area (Å²) in [5, 5.41) is 2.61. The molecule has 1 aromatic heterocycles. The SMILES string of the molecule is CC(=O)N(c1cccc(Cl)c1)c1nc(/C=C2\N=C(c3ccc(F)cc3)OC2=O)cs1. The third-order valence-corrected chi connectivity index (χ3v) is 5.16. The molecule has 9 heteroatoms. The van der Waals surface area contributed by atoms with Crippen molar-refractivity contribution in [3.05, 3.63) is 81.7 Å². The van der Waals surface area contributed by atoms with Gasteiger partial charge >= 0.3 is 5.97 Å². The maximum atomic E-state index is 13.1. The maximum Gasteiger partial charge on any atom is 0.363 e. The predicted octanol–water partition coefficient (Wildman–Crippen LogP) is 4.96. The van der Waals surface area contributed by atoms with Crippen LogP contribution in [0, 0.1) is 5.82 Å². The number of nitrogens with zero attached hydrogens (tertiary/aromatic N) is 3. The quantitative estimate of drug-likeness (QED) is 0.423. The van der Waals surface area contributed by atoms with Crippen molar-refractivity contribution in [1.29, 1.82) is 0 Å². The largest absolute Gasteiger partial charge is 0.402 e. The highest BCUT2D eigenvalue weighted by molar-refractivity contribution is 7.14. The Morgan fingerprint density at radius 1 is 1.23 bits per heavy atom. The molecule has 0 saturated carbocycles. The minimum atomic E-state index is -0.637. The molecule has 150 valence electrons. The van der Waals surface area contributed by atoms with Crippen molar-refractivity contribution in [1.82, 2.24) is 4.98 Å². The maximum absolute atomic E-state index is 13.1. The smallest absolute Gasteiger partial charge is 0.363 e. The van der Waals surface area contributed by atoms with Gasteiger partial charge in [-0.25, -0.2) is 19.2 Å². The van der Waals surface area contributed by atoms with Crippen LogP contribution in [0.15, 0.2) is 64.6 Å². The lowest BCUT2D eigenvalue weighted by Gasteiger charge is -2.18. The van der Waals surface area contributed by atoms with Crippen LogP contribution in [0.1, 0.15) is 18.2 Å². The van der Waals surface area contributed by atoms with Gasteiger partial charge in [0.2, 0.25) is 11.8 Å². The number of aliphatic imine (C=N–C) groups is 1. The van der Waals surface area contributed by atoms with Gasteiger partial charge in [0.15, 0.2) is 10.8 Å². The highest BCUT2D eigenvalue weighted by Gasteiger charge is 2.25. The molecule has 0 aliphatic carbocycles. The highest BCUT2D eigenvalue weighted by Crippen LogP contribution is 2.31. The van der Waals surface area contributed by atoms with Gasteiger partial charge in [-0.1, -0.05) is 17.7 Å². The van der Waals surface area contributed by atoms with Gasteiger partial charge in [-0.3, -0.25) is 9.69 Å². The van der Waals surface area contributed by atoms with E-state index in [0.29, 0.717) is 27.1 Å². The predicted molar refractivity (Wildman–Crippen MR) is 113 cm³/mol. The number of benzene rings is 2. The molecule has 1 aliphatic rings. The number of esters is 1. The standard InChI is InChI=1S/C21H13ClFN3O3S/c1-12(27)26(17-4-2-3-14(22)9-17)21-24-16(11-30-21)10-18-20(28)29-19(25-18)13-5-7-15(23)8-6-13/h2-11H,1H3/b18-10-. The van der Waals surface area contributed by atoms with E-state index in [1.165, 1.54) is 53.5 Å². The molecule has 6 nitrogen and oxygen atoms in total. The number of hydrogen-bond donors (Lipinski definition) is 0. The third kappa shape index (κ3) is 4.14. The fraction of sp³-hybridized carbons (Fsp3) is 0.0476. The van der Waals surface area contributed by atoms with Gasteiger partial charge in [0.1, 0.15) is 5.82 Å². The van der Waals surface area contributed by atoms with Crippen molar-refractivity contribution < 1.29 is 18.7 Å². The van der Waals surface area contributed by atoms with Crippen LogP contribution in [0.4, 0.5) is 15.2 Å². The minimum Gasteiger partial charge on any atom is -0.402 e. The molecule has 2 aromatic carbocycles. The van der Waals surface area contributed by atoms with Gasteiger partial charge in [0.05, 0.1) is 11.4 Å². The van der Waals surface area contributed by atoms with Crippen molar-refractivity contribution in [3.8, 4) is 0 Å². The van der Waals surface area contributed by atoms with E-state index in [9.17, 15) is 14.0 Å². The van der Waals surface area contributed by atoms with Crippen LogP contribution in [0.2, 0.25) is 5.02 Å². The molecule has 0 spiro atoms. The van der Waals surface area contributed by atoms with Crippen molar-refractivity contribution in [2.24, 2.45) is 4.99 Å². The number of cyclic esters (lactones) is 1. The first-order chi connectivity index (χ1) is 14.4. The molecule has 1 aliphatic heterocycles. The van der Waals surface area contributed by atoms with Gasteiger partial charge in [-0.2, -0.15) is 0 Å². The highest BCUT2D eigenvalue weighted by atomic mass is 35.5. The van der Waals surface area contributed by atoms with Crippen LogP contribution in [-0.4, -0.2) is 22.8 Å². The van der Waals surface area contributed by atoms with E-state index in [1.807, 2.05) is 0 Å². The summed E-state index contributed by atoms with van der Waals surface area (Å²) in [6.45, 7) is 1.42. The Morgan fingerprint density at radius 2 is 2.00 bits per heavy atom. The zero-order chi connectivity index (χ0) is 21.3. The van der Waals surface area contributed by atoms with Gasteiger partial charge < -0.3 is 4.74 Å². The van der Waals surface area contributed by atoms with Gasteiger partial charge in [-0.05, 0) is 48.5 Å². The molecule has 1 amide bonds.